The number of para-hydroxylation sites is 1. The first-order valence-electron chi connectivity index (χ1n) is 9.26. The molecule has 0 aliphatic rings. The van der Waals surface area contributed by atoms with E-state index in [9.17, 15) is 9.59 Å². The fourth-order valence-corrected chi connectivity index (χ4v) is 4.26. The smallest absolute Gasteiger partial charge is 0.305 e. The van der Waals surface area contributed by atoms with Crippen molar-refractivity contribution < 1.29 is 14.0 Å². The van der Waals surface area contributed by atoms with Crippen LogP contribution in [0.25, 0.3) is 22.2 Å². The Bertz CT molecular complexity index is 1300. The highest BCUT2D eigenvalue weighted by molar-refractivity contribution is 7.73. The van der Waals surface area contributed by atoms with Crippen molar-refractivity contribution in [3.8, 4) is 11.3 Å². The molecule has 2 amide bonds. The molecule has 4 rings (SSSR count). The van der Waals surface area contributed by atoms with Crippen molar-refractivity contribution in [3.05, 3.63) is 74.8 Å². The lowest BCUT2D eigenvalue weighted by Crippen LogP contribution is -2.43. The van der Waals surface area contributed by atoms with Crippen LogP contribution in [0.2, 0.25) is 0 Å². The second-order valence-corrected chi connectivity index (χ2v) is 8.40. The zero-order valence-corrected chi connectivity index (χ0v) is 18.0. The van der Waals surface area contributed by atoms with Crippen LogP contribution >= 0.6 is 23.6 Å². The number of hydrogen-bond acceptors (Lipinski definition) is 5. The number of hydrogen-bond donors (Lipinski definition) is 2. The SMILES string of the molecule is Cc1ccc(-c2csc(=S)n2CC(=O)NNC(=O)c2oc3ccccc3c2C)cc1. The van der Waals surface area contributed by atoms with E-state index in [0.717, 1.165) is 27.8 Å². The van der Waals surface area contributed by atoms with E-state index in [0.29, 0.717) is 9.54 Å². The summed E-state index contributed by atoms with van der Waals surface area (Å²) >= 11 is 6.78. The van der Waals surface area contributed by atoms with Crippen molar-refractivity contribution in [2.75, 3.05) is 0 Å². The lowest BCUT2D eigenvalue weighted by atomic mass is 10.1. The van der Waals surface area contributed by atoms with Gasteiger partial charge in [0.1, 0.15) is 12.1 Å². The van der Waals surface area contributed by atoms with Gasteiger partial charge in [0.2, 0.25) is 0 Å². The fourth-order valence-electron chi connectivity index (χ4n) is 3.19. The first kappa shape index (κ1) is 20.1. The van der Waals surface area contributed by atoms with E-state index < -0.39 is 5.91 Å². The third-order valence-corrected chi connectivity index (χ3v) is 6.07. The van der Waals surface area contributed by atoms with Crippen molar-refractivity contribution in [2.45, 2.75) is 20.4 Å². The summed E-state index contributed by atoms with van der Waals surface area (Å²) < 4.78 is 7.95. The Hall–Kier alpha value is -3.23. The Kier molecular flexibility index (Phi) is 5.52. The quantitative estimate of drug-likeness (QED) is 0.356. The van der Waals surface area contributed by atoms with Gasteiger partial charge >= 0.3 is 5.91 Å². The minimum absolute atomic E-state index is 0.00899. The largest absolute Gasteiger partial charge is 0.451 e. The van der Waals surface area contributed by atoms with Gasteiger partial charge in [-0.05, 0) is 37.7 Å². The highest BCUT2D eigenvalue weighted by Gasteiger charge is 2.18. The molecular formula is C22H19N3O3S2. The monoisotopic (exact) mass is 437 g/mol. The van der Waals surface area contributed by atoms with E-state index in [1.54, 1.807) is 17.6 Å². The normalized spacial score (nSPS) is 10.9. The van der Waals surface area contributed by atoms with Gasteiger partial charge < -0.3 is 8.98 Å². The lowest BCUT2D eigenvalue weighted by Gasteiger charge is -2.10. The molecule has 0 radical (unpaired) electrons. The Morgan fingerprint density at radius 2 is 1.80 bits per heavy atom. The third kappa shape index (κ3) is 3.92. The van der Waals surface area contributed by atoms with Gasteiger partial charge in [-0.25, -0.2) is 0 Å². The molecule has 0 saturated heterocycles. The number of hydrazine groups is 1. The molecule has 0 saturated carbocycles. The maximum Gasteiger partial charge on any atom is 0.305 e. The molecule has 0 spiro atoms. The summed E-state index contributed by atoms with van der Waals surface area (Å²) in [5.74, 6) is -0.728. The molecule has 0 fully saturated rings. The van der Waals surface area contributed by atoms with E-state index in [1.807, 2.05) is 54.8 Å². The van der Waals surface area contributed by atoms with Gasteiger partial charge in [0.05, 0.1) is 5.69 Å². The molecule has 2 aromatic heterocycles. The molecule has 0 unspecified atom stereocenters. The summed E-state index contributed by atoms with van der Waals surface area (Å²) in [7, 11) is 0. The van der Waals surface area contributed by atoms with E-state index in [4.69, 9.17) is 16.6 Å². The molecule has 2 heterocycles. The summed E-state index contributed by atoms with van der Waals surface area (Å²) in [6, 6.07) is 15.4. The van der Waals surface area contributed by atoms with Crippen LogP contribution < -0.4 is 10.9 Å². The van der Waals surface area contributed by atoms with Gasteiger partial charge in [-0.1, -0.05) is 48.0 Å². The van der Waals surface area contributed by atoms with Crippen molar-refractivity contribution in [1.29, 1.82) is 0 Å². The van der Waals surface area contributed by atoms with Gasteiger partial charge in [-0.15, -0.1) is 11.3 Å². The minimum atomic E-state index is -0.510. The molecule has 30 heavy (non-hydrogen) atoms. The second-order valence-electron chi connectivity index (χ2n) is 6.89. The molecular weight excluding hydrogens is 418 g/mol. The first-order chi connectivity index (χ1) is 14.4. The number of furan rings is 1. The molecule has 0 aliphatic heterocycles. The number of fused-ring (bicyclic) bond motifs is 1. The highest BCUT2D eigenvalue weighted by Crippen LogP contribution is 2.25. The van der Waals surface area contributed by atoms with Crippen molar-refractivity contribution in [3.63, 3.8) is 0 Å². The van der Waals surface area contributed by atoms with Crippen LogP contribution in [-0.4, -0.2) is 16.4 Å². The molecule has 0 aliphatic carbocycles. The van der Waals surface area contributed by atoms with Gasteiger partial charge in [0.25, 0.3) is 5.91 Å². The van der Waals surface area contributed by atoms with Gasteiger partial charge in [-0.2, -0.15) is 0 Å². The predicted octanol–water partition coefficient (Wildman–Crippen LogP) is 4.77. The number of aryl methyl sites for hydroxylation is 2. The van der Waals surface area contributed by atoms with Gasteiger partial charge in [-0.3, -0.25) is 20.4 Å². The van der Waals surface area contributed by atoms with Gasteiger partial charge in [0, 0.05) is 16.3 Å². The van der Waals surface area contributed by atoms with Crippen LogP contribution in [0.15, 0.2) is 58.3 Å². The number of nitrogens with zero attached hydrogens (tertiary/aromatic N) is 1. The number of rotatable bonds is 4. The summed E-state index contributed by atoms with van der Waals surface area (Å²) in [6.07, 6.45) is 0. The summed E-state index contributed by atoms with van der Waals surface area (Å²) in [5, 5.41) is 2.79. The number of carbonyl (C=O) groups is 2. The lowest BCUT2D eigenvalue weighted by molar-refractivity contribution is -0.122. The molecule has 152 valence electrons. The zero-order chi connectivity index (χ0) is 21.3. The van der Waals surface area contributed by atoms with Crippen LogP contribution in [0.5, 0.6) is 0 Å². The average Bonchev–Trinajstić information content (AvgIpc) is 3.27. The molecule has 2 N–H and O–H groups in total. The third-order valence-electron chi connectivity index (χ3n) is 4.80. The van der Waals surface area contributed by atoms with E-state index >= 15 is 0 Å². The average molecular weight is 438 g/mol. The Balaban J connectivity index is 1.46. The summed E-state index contributed by atoms with van der Waals surface area (Å²) in [5.41, 5.74) is 9.20. The number of carbonyl (C=O) groups excluding carboxylic acids is 2. The van der Waals surface area contributed by atoms with Crippen LogP contribution in [0.4, 0.5) is 0 Å². The number of benzene rings is 2. The first-order valence-corrected chi connectivity index (χ1v) is 10.6. The van der Waals surface area contributed by atoms with Crippen LogP contribution in [0.3, 0.4) is 0 Å². The van der Waals surface area contributed by atoms with Crippen LogP contribution in [0.1, 0.15) is 21.7 Å². The maximum absolute atomic E-state index is 12.5. The topological polar surface area (TPSA) is 76.3 Å². The highest BCUT2D eigenvalue weighted by atomic mass is 32.1. The van der Waals surface area contributed by atoms with E-state index in [1.165, 1.54) is 11.3 Å². The number of thiazole rings is 1. The van der Waals surface area contributed by atoms with Crippen LogP contribution in [-0.2, 0) is 11.3 Å². The van der Waals surface area contributed by atoms with Gasteiger partial charge in [0.15, 0.2) is 9.71 Å². The minimum Gasteiger partial charge on any atom is -0.451 e. The van der Waals surface area contributed by atoms with Crippen molar-refractivity contribution in [1.82, 2.24) is 15.4 Å². The standard InChI is InChI=1S/C22H19N3O3S2/c1-13-7-9-15(10-8-13)17-12-30-22(29)25(17)11-19(26)23-24-21(27)20-14(2)16-5-3-4-6-18(16)28-20/h3-10,12H,11H2,1-2H3,(H,23,26)(H,24,27). The Morgan fingerprint density at radius 3 is 2.53 bits per heavy atom. The molecule has 2 aromatic carbocycles. The zero-order valence-electron chi connectivity index (χ0n) is 16.4. The second kappa shape index (κ2) is 8.25. The Morgan fingerprint density at radius 1 is 1.07 bits per heavy atom. The molecule has 0 bridgehead atoms. The molecule has 8 heteroatoms. The molecule has 0 atom stereocenters. The predicted molar refractivity (Wildman–Crippen MR) is 120 cm³/mol. The summed E-state index contributed by atoms with van der Waals surface area (Å²) in [4.78, 5) is 25.0. The van der Waals surface area contributed by atoms with Crippen molar-refractivity contribution >= 4 is 46.3 Å². The van der Waals surface area contributed by atoms with Crippen LogP contribution in [0, 0.1) is 17.8 Å². The number of aromatic nitrogens is 1. The number of amides is 2. The van der Waals surface area contributed by atoms with E-state index in [-0.39, 0.29) is 18.2 Å². The van der Waals surface area contributed by atoms with Crippen molar-refractivity contribution in [2.24, 2.45) is 0 Å². The molecule has 4 aromatic rings. The number of nitrogens with one attached hydrogen (secondary N) is 2. The Labute approximate surface area is 182 Å². The molecule has 6 nitrogen and oxygen atoms in total. The van der Waals surface area contributed by atoms with E-state index in [2.05, 4.69) is 10.9 Å². The summed E-state index contributed by atoms with van der Waals surface area (Å²) in [6.45, 7) is 3.82. The maximum atomic E-state index is 12.5. The fraction of sp³-hybridized carbons (Fsp3) is 0.136.